The molecule has 0 bridgehead atoms. The quantitative estimate of drug-likeness (QED) is 0.763. The summed E-state index contributed by atoms with van der Waals surface area (Å²) < 4.78 is 2.27. The van der Waals surface area contributed by atoms with E-state index in [9.17, 15) is 0 Å². The zero-order valence-corrected chi connectivity index (χ0v) is 15.0. The van der Waals surface area contributed by atoms with E-state index in [1.165, 1.54) is 5.69 Å². The van der Waals surface area contributed by atoms with Crippen LogP contribution in [0.2, 0.25) is 0 Å². The van der Waals surface area contributed by atoms with Crippen LogP contribution in [0.25, 0.3) is 0 Å². The topological polar surface area (TPSA) is 71.8 Å². The molecule has 134 valence electrons. The highest BCUT2D eigenvalue weighted by atomic mass is 15.2. The Bertz CT molecular complexity index is 859. The summed E-state index contributed by atoms with van der Waals surface area (Å²) in [6.07, 6.45) is 6.54. The van der Waals surface area contributed by atoms with Crippen molar-refractivity contribution in [2.45, 2.75) is 39.5 Å². The highest BCUT2D eigenvalue weighted by Gasteiger charge is 2.19. The van der Waals surface area contributed by atoms with E-state index in [4.69, 9.17) is 0 Å². The number of aryl methyl sites for hydroxylation is 2. The summed E-state index contributed by atoms with van der Waals surface area (Å²) in [5.74, 6) is 0.628. The van der Waals surface area contributed by atoms with Crippen LogP contribution >= 0.6 is 0 Å². The van der Waals surface area contributed by atoms with Crippen LogP contribution in [-0.4, -0.2) is 35.9 Å². The van der Waals surface area contributed by atoms with Gasteiger partial charge in [-0.15, -0.1) is 0 Å². The first-order valence-electron chi connectivity index (χ1n) is 8.96. The molecule has 0 fully saturated rings. The van der Waals surface area contributed by atoms with Gasteiger partial charge in [0, 0.05) is 44.3 Å². The van der Waals surface area contributed by atoms with Crippen molar-refractivity contribution in [3.8, 4) is 0 Å². The summed E-state index contributed by atoms with van der Waals surface area (Å²) in [4.78, 5) is 20.1. The molecular formula is C19H23N7. The predicted octanol–water partition coefficient (Wildman–Crippen LogP) is 2.39. The number of hydrogen-bond donors (Lipinski definition) is 1. The molecule has 4 heterocycles. The second-order valence-electron chi connectivity index (χ2n) is 6.59. The Hall–Kier alpha value is -2.80. The third-order valence-electron chi connectivity index (χ3n) is 4.59. The van der Waals surface area contributed by atoms with Crippen molar-refractivity contribution in [2.24, 2.45) is 0 Å². The van der Waals surface area contributed by atoms with Gasteiger partial charge in [0.2, 0.25) is 5.95 Å². The Morgan fingerprint density at radius 3 is 2.81 bits per heavy atom. The molecule has 7 nitrogen and oxygen atoms in total. The van der Waals surface area contributed by atoms with Gasteiger partial charge in [-0.3, -0.25) is 9.88 Å². The van der Waals surface area contributed by atoms with E-state index in [0.717, 1.165) is 49.7 Å². The SMILES string of the molecule is Cc1cccc(CN2CCCn3cnc(CNc4ncccn4)c3C2)n1. The van der Waals surface area contributed by atoms with Crippen LogP contribution in [0, 0.1) is 6.92 Å². The first-order valence-corrected chi connectivity index (χ1v) is 8.96. The van der Waals surface area contributed by atoms with Crippen molar-refractivity contribution in [3.05, 3.63) is 65.8 Å². The third-order valence-corrected chi connectivity index (χ3v) is 4.59. The van der Waals surface area contributed by atoms with Crippen LogP contribution in [-0.2, 0) is 26.2 Å². The lowest BCUT2D eigenvalue weighted by atomic mass is 10.2. The third kappa shape index (κ3) is 3.88. The Balaban J connectivity index is 1.47. The molecule has 0 spiro atoms. The van der Waals surface area contributed by atoms with Crippen LogP contribution in [0.4, 0.5) is 5.95 Å². The van der Waals surface area contributed by atoms with Crippen LogP contribution in [0.5, 0.6) is 0 Å². The predicted molar refractivity (Wildman–Crippen MR) is 99.3 cm³/mol. The van der Waals surface area contributed by atoms with Crippen LogP contribution in [0.1, 0.15) is 29.2 Å². The van der Waals surface area contributed by atoms with E-state index < -0.39 is 0 Å². The van der Waals surface area contributed by atoms with Crippen molar-refractivity contribution in [1.29, 1.82) is 0 Å². The zero-order valence-electron chi connectivity index (χ0n) is 15.0. The van der Waals surface area contributed by atoms with Crippen molar-refractivity contribution >= 4 is 5.95 Å². The van der Waals surface area contributed by atoms with Gasteiger partial charge in [-0.25, -0.2) is 15.0 Å². The maximum atomic E-state index is 4.65. The first kappa shape index (κ1) is 16.7. The van der Waals surface area contributed by atoms with Crippen molar-refractivity contribution in [3.63, 3.8) is 0 Å². The highest BCUT2D eigenvalue weighted by molar-refractivity contribution is 5.26. The maximum absolute atomic E-state index is 4.65. The summed E-state index contributed by atoms with van der Waals surface area (Å²) in [5.41, 5.74) is 4.51. The normalized spacial score (nSPS) is 14.7. The Morgan fingerprint density at radius 1 is 1.08 bits per heavy atom. The second-order valence-corrected chi connectivity index (χ2v) is 6.59. The monoisotopic (exact) mass is 349 g/mol. The molecule has 0 aromatic carbocycles. The van der Waals surface area contributed by atoms with Gasteiger partial charge in [0.1, 0.15) is 0 Å². The first-order chi connectivity index (χ1) is 12.8. The minimum absolute atomic E-state index is 0.628. The molecule has 3 aromatic heterocycles. The van der Waals surface area contributed by atoms with Crippen LogP contribution < -0.4 is 5.32 Å². The molecule has 26 heavy (non-hydrogen) atoms. The van der Waals surface area contributed by atoms with Gasteiger partial charge in [0.05, 0.1) is 30.0 Å². The lowest BCUT2D eigenvalue weighted by Gasteiger charge is -2.20. The van der Waals surface area contributed by atoms with Gasteiger partial charge in [-0.05, 0) is 31.5 Å². The van der Waals surface area contributed by atoms with Crippen LogP contribution in [0.15, 0.2) is 43.0 Å². The highest BCUT2D eigenvalue weighted by Crippen LogP contribution is 2.18. The minimum atomic E-state index is 0.628. The van der Waals surface area contributed by atoms with E-state index in [0.29, 0.717) is 12.5 Å². The van der Waals surface area contributed by atoms with E-state index in [1.54, 1.807) is 12.4 Å². The molecule has 0 aliphatic carbocycles. The molecule has 1 aliphatic heterocycles. The van der Waals surface area contributed by atoms with Gasteiger partial charge in [0.15, 0.2) is 0 Å². The molecule has 0 amide bonds. The lowest BCUT2D eigenvalue weighted by molar-refractivity contribution is 0.257. The average Bonchev–Trinajstić information content (AvgIpc) is 2.91. The van der Waals surface area contributed by atoms with E-state index in [-0.39, 0.29) is 0 Å². The summed E-state index contributed by atoms with van der Waals surface area (Å²) in [6.45, 7) is 6.47. The number of aromatic nitrogens is 5. The molecular weight excluding hydrogens is 326 g/mol. The molecule has 0 atom stereocenters. The minimum Gasteiger partial charge on any atom is -0.348 e. The van der Waals surface area contributed by atoms with Gasteiger partial charge < -0.3 is 9.88 Å². The molecule has 0 saturated heterocycles. The summed E-state index contributed by atoms with van der Waals surface area (Å²) in [6, 6.07) is 8.03. The van der Waals surface area contributed by atoms with E-state index in [1.807, 2.05) is 25.4 Å². The number of hydrogen-bond acceptors (Lipinski definition) is 6. The fourth-order valence-corrected chi connectivity index (χ4v) is 3.33. The van der Waals surface area contributed by atoms with Gasteiger partial charge in [-0.2, -0.15) is 0 Å². The standard InChI is InChI=1S/C19H23N7/c1-15-5-2-6-16(24-15)12-25-9-4-10-26-14-23-17(18(26)13-25)11-22-19-20-7-3-8-21-19/h2-3,5-8,14H,4,9-13H2,1H3,(H,20,21,22). The number of imidazole rings is 1. The van der Waals surface area contributed by atoms with Crippen molar-refractivity contribution in [1.82, 2.24) is 29.4 Å². The molecule has 4 rings (SSSR count). The molecule has 0 radical (unpaired) electrons. The van der Waals surface area contributed by atoms with Crippen LogP contribution in [0.3, 0.4) is 0 Å². The maximum Gasteiger partial charge on any atom is 0.222 e. The van der Waals surface area contributed by atoms with Gasteiger partial charge in [0.25, 0.3) is 0 Å². The van der Waals surface area contributed by atoms with Gasteiger partial charge in [-0.1, -0.05) is 6.07 Å². The number of rotatable bonds is 5. The summed E-state index contributed by atoms with van der Waals surface area (Å²) in [7, 11) is 0. The lowest BCUT2D eigenvalue weighted by Crippen LogP contribution is -2.24. The summed E-state index contributed by atoms with van der Waals surface area (Å²) >= 11 is 0. The number of nitrogens with zero attached hydrogens (tertiary/aromatic N) is 6. The fraction of sp³-hybridized carbons (Fsp3) is 0.368. The second kappa shape index (κ2) is 7.61. The number of fused-ring (bicyclic) bond motifs is 1. The van der Waals surface area contributed by atoms with Crippen molar-refractivity contribution < 1.29 is 0 Å². The Morgan fingerprint density at radius 2 is 1.96 bits per heavy atom. The van der Waals surface area contributed by atoms with E-state index >= 15 is 0 Å². The molecule has 1 aliphatic rings. The smallest absolute Gasteiger partial charge is 0.222 e. The van der Waals surface area contributed by atoms with E-state index in [2.05, 4.69) is 46.9 Å². The van der Waals surface area contributed by atoms with Gasteiger partial charge >= 0.3 is 0 Å². The number of anilines is 1. The number of pyridine rings is 1. The fourth-order valence-electron chi connectivity index (χ4n) is 3.33. The zero-order chi connectivity index (χ0) is 17.8. The Labute approximate surface area is 153 Å². The largest absolute Gasteiger partial charge is 0.348 e. The Kier molecular flexibility index (Phi) is 4.88. The average molecular weight is 349 g/mol. The molecule has 0 unspecified atom stereocenters. The molecule has 1 N–H and O–H groups in total. The molecule has 0 saturated carbocycles. The molecule has 7 heteroatoms. The van der Waals surface area contributed by atoms with Crippen molar-refractivity contribution in [2.75, 3.05) is 11.9 Å². The number of nitrogens with one attached hydrogen (secondary N) is 1. The molecule has 3 aromatic rings. The summed E-state index contributed by atoms with van der Waals surface area (Å²) in [5, 5.41) is 3.26.